The summed E-state index contributed by atoms with van der Waals surface area (Å²) in [6, 6.07) is 1.96. The minimum atomic E-state index is -0.951. The minimum absolute atomic E-state index is 0.197. The van der Waals surface area contributed by atoms with E-state index < -0.39 is 5.41 Å². The summed E-state index contributed by atoms with van der Waals surface area (Å²) >= 11 is 0. The van der Waals surface area contributed by atoms with Gasteiger partial charge in [-0.2, -0.15) is 5.26 Å². The lowest BCUT2D eigenvalue weighted by Crippen LogP contribution is -2.53. The van der Waals surface area contributed by atoms with Crippen LogP contribution in [0.5, 0.6) is 0 Å². The van der Waals surface area contributed by atoms with Crippen molar-refractivity contribution in [1.82, 2.24) is 5.32 Å². The first-order valence-corrected chi connectivity index (χ1v) is 4.01. The van der Waals surface area contributed by atoms with Crippen molar-refractivity contribution in [3.8, 4) is 6.07 Å². The molecule has 1 aliphatic rings. The van der Waals surface area contributed by atoms with Crippen molar-refractivity contribution in [1.29, 1.82) is 5.26 Å². The van der Waals surface area contributed by atoms with Crippen molar-refractivity contribution in [2.24, 2.45) is 5.41 Å². The zero-order valence-electron chi connectivity index (χ0n) is 7.50. The van der Waals surface area contributed by atoms with Crippen molar-refractivity contribution in [3.05, 3.63) is 0 Å². The molecule has 0 unspecified atom stereocenters. The monoisotopic (exact) mass is 184 g/mol. The Kier molecular flexibility index (Phi) is 3.23. The van der Waals surface area contributed by atoms with Crippen molar-refractivity contribution in [2.45, 2.75) is 0 Å². The quantitative estimate of drug-likeness (QED) is 0.586. The van der Waals surface area contributed by atoms with Gasteiger partial charge in [0, 0.05) is 13.7 Å². The fraction of sp³-hybridized carbons (Fsp3) is 0.750. The first-order valence-electron chi connectivity index (χ1n) is 4.01. The van der Waals surface area contributed by atoms with Crippen LogP contribution in [0.4, 0.5) is 0 Å². The summed E-state index contributed by atoms with van der Waals surface area (Å²) in [6.45, 7) is 1.28. The topological polar surface area (TPSA) is 71.3 Å². The second kappa shape index (κ2) is 4.21. The number of nitrogens with zero attached hydrogens (tertiary/aromatic N) is 1. The smallest absolute Gasteiger partial charge is 0.245 e. The number of nitriles is 1. The average molecular weight is 184 g/mol. The van der Waals surface area contributed by atoms with Gasteiger partial charge in [-0.15, -0.1) is 0 Å². The highest BCUT2D eigenvalue weighted by Crippen LogP contribution is 2.26. The first-order chi connectivity index (χ1) is 6.25. The molecule has 0 bridgehead atoms. The highest BCUT2D eigenvalue weighted by Gasteiger charge is 2.46. The molecule has 5 nitrogen and oxygen atoms in total. The zero-order valence-corrected chi connectivity index (χ0v) is 7.50. The van der Waals surface area contributed by atoms with Crippen molar-refractivity contribution in [3.63, 3.8) is 0 Å². The maximum absolute atomic E-state index is 11.4. The molecule has 1 amide bonds. The van der Waals surface area contributed by atoms with Crippen molar-refractivity contribution < 1.29 is 14.3 Å². The Morgan fingerprint density at radius 2 is 2.46 bits per heavy atom. The van der Waals surface area contributed by atoms with Crippen LogP contribution in [-0.2, 0) is 14.3 Å². The molecule has 0 spiro atoms. The SMILES string of the molecule is COCCNC(=O)C1(C#N)COC1. The molecule has 1 saturated heterocycles. The van der Waals surface area contributed by atoms with Gasteiger partial charge < -0.3 is 14.8 Å². The molecule has 1 fully saturated rings. The van der Waals surface area contributed by atoms with Gasteiger partial charge in [0.2, 0.25) is 5.91 Å². The Hall–Kier alpha value is -1.12. The van der Waals surface area contributed by atoms with Gasteiger partial charge in [-0.05, 0) is 0 Å². The third-order valence-corrected chi connectivity index (χ3v) is 1.94. The van der Waals surface area contributed by atoms with Gasteiger partial charge >= 0.3 is 0 Å². The molecule has 0 atom stereocenters. The Morgan fingerprint density at radius 1 is 1.77 bits per heavy atom. The third-order valence-electron chi connectivity index (χ3n) is 1.94. The number of carbonyl (C=O) groups is 1. The maximum atomic E-state index is 11.4. The number of amides is 1. The molecule has 0 aliphatic carbocycles. The van der Waals surface area contributed by atoms with Crippen LogP contribution in [0.2, 0.25) is 0 Å². The average Bonchev–Trinajstić information content (AvgIpc) is 2.04. The number of hydrogen-bond acceptors (Lipinski definition) is 4. The van der Waals surface area contributed by atoms with E-state index in [9.17, 15) is 4.79 Å². The van der Waals surface area contributed by atoms with Crippen LogP contribution in [0.3, 0.4) is 0 Å². The predicted octanol–water partition coefficient (Wildman–Crippen LogP) is -0.711. The Morgan fingerprint density at radius 3 is 2.85 bits per heavy atom. The van der Waals surface area contributed by atoms with E-state index in [1.54, 1.807) is 7.11 Å². The highest BCUT2D eigenvalue weighted by atomic mass is 16.5. The Labute approximate surface area is 76.6 Å². The van der Waals surface area contributed by atoms with E-state index in [1.807, 2.05) is 6.07 Å². The Bertz CT molecular complexity index is 230. The summed E-state index contributed by atoms with van der Waals surface area (Å²) in [7, 11) is 1.55. The number of hydrogen-bond donors (Lipinski definition) is 1. The second-order valence-corrected chi connectivity index (χ2v) is 2.94. The van der Waals surface area contributed by atoms with Crippen molar-refractivity contribution >= 4 is 5.91 Å². The van der Waals surface area contributed by atoms with Crippen LogP contribution < -0.4 is 5.32 Å². The third kappa shape index (κ3) is 1.97. The maximum Gasteiger partial charge on any atom is 0.245 e. The molecule has 13 heavy (non-hydrogen) atoms. The van der Waals surface area contributed by atoms with E-state index in [0.29, 0.717) is 13.2 Å². The van der Waals surface area contributed by atoms with Crippen LogP contribution in [-0.4, -0.2) is 39.4 Å². The molecule has 1 N–H and O–H groups in total. The van der Waals surface area contributed by atoms with Gasteiger partial charge in [0.25, 0.3) is 0 Å². The fourth-order valence-corrected chi connectivity index (χ4v) is 0.988. The van der Waals surface area contributed by atoms with Crippen LogP contribution in [0.25, 0.3) is 0 Å². The number of methoxy groups -OCH3 is 1. The zero-order chi connectivity index (χ0) is 9.73. The second-order valence-electron chi connectivity index (χ2n) is 2.94. The summed E-state index contributed by atoms with van der Waals surface area (Å²) < 4.78 is 9.60. The van der Waals surface area contributed by atoms with Gasteiger partial charge in [-0.1, -0.05) is 0 Å². The minimum Gasteiger partial charge on any atom is -0.383 e. The van der Waals surface area contributed by atoms with E-state index in [1.165, 1.54) is 0 Å². The summed E-state index contributed by atoms with van der Waals surface area (Å²) in [5.74, 6) is -0.265. The summed E-state index contributed by atoms with van der Waals surface area (Å²) in [4.78, 5) is 11.4. The molecule has 0 radical (unpaired) electrons. The largest absolute Gasteiger partial charge is 0.383 e. The molecule has 0 aromatic heterocycles. The molecule has 1 aliphatic heterocycles. The van der Waals surface area contributed by atoms with Gasteiger partial charge in [0.1, 0.15) is 0 Å². The predicted molar refractivity (Wildman–Crippen MR) is 43.8 cm³/mol. The van der Waals surface area contributed by atoms with E-state index in [2.05, 4.69) is 5.32 Å². The van der Waals surface area contributed by atoms with Gasteiger partial charge in [-0.25, -0.2) is 0 Å². The lowest BCUT2D eigenvalue weighted by molar-refractivity contribution is -0.150. The van der Waals surface area contributed by atoms with E-state index in [0.717, 1.165) is 0 Å². The summed E-state index contributed by atoms with van der Waals surface area (Å²) in [5.41, 5.74) is -0.951. The molecule has 0 aromatic carbocycles. The van der Waals surface area contributed by atoms with Crippen LogP contribution in [0.15, 0.2) is 0 Å². The normalized spacial score (nSPS) is 18.5. The lowest BCUT2D eigenvalue weighted by Gasteiger charge is -2.33. The van der Waals surface area contributed by atoms with E-state index >= 15 is 0 Å². The summed E-state index contributed by atoms with van der Waals surface area (Å²) in [6.07, 6.45) is 0. The van der Waals surface area contributed by atoms with Gasteiger partial charge in [0.15, 0.2) is 5.41 Å². The molecule has 1 heterocycles. The van der Waals surface area contributed by atoms with Gasteiger partial charge in [-0.3, -0.25) is 4.79 Å². The molecule has 1 rings (SSSR count). The molecular weight excluding hydrogens is 172 g/mol. The number of nitrogens with one attached hydrogen (secondary N) is 1. The molecule has 5 heteroatoms. The first kappa shape index (κ1) is 9.96. The van der Waals surface area contributed by atoms with Crippen molar-refractivity contribution in [2.75, 3.05) is 33.5 Å². The van der Waals surface area contributed by atoms with Gasteiger partial charge in [0.05, 0.1) is 25.9 Å². The molecule has 72 valence electrons. The number of carbonyl (C=O) groups excluding carboxylic acids is 1. The van der Waals surface area contributed by atoms with E-state index in [4.69, 9.17) is 14.7 Å². The summed E-state index contributed by atoms with van der Waals surface area (Å²) in [5, 5.41) is 11.4. The lowest BCUT2D eigenvalue weighted by atomic mass is 9.87. The molecule has 0 aromatic rings. The Balaban J connectivity index is 2.34. The van der Waals surface area contributed by atoms with Crippen LogP contribution in [0.1, 0.15) is 0 Å². The molecular formula is C8H12N2O3. The fourth-order valence-electron chi connectivity index (χ4n) is 0.988. The number of rotatable bonds is 4. The van der Waals surface area contributed by atoms with Crippen LogP contribution in [0, 0.1) is 16.7 Å². The highest BCUT2D eigenvalue weighted by molar-refractivity contribution is 5.86. The standard InChI is InChI=1S/C8H12N2O3/c1-12-3-2-10-7(11)8(4-9)5-13-6-8/h2-3,5-6H2,1H3,(H,10,11). The number of ether oxygens (including phenoxy) is 2. The molecule has 0 saturated carbocycles. The van der Waals surface area contributed by atoms with Crippen LogP contribution >= 0.6 is 0 Å². The van der Waals surface area contributed by atoms with E-state index in [-0.39, 0.29) is 19.1 Å².